The second-order valence-corrected chi connectivity index (χ2v) is 9.75. The van der Waals surface area contributed by atoms with Crippen molar-refractivity contribution in [3.63, 3.8) is 0 Å². The van der Waals surface area contributed by atoms with Gasteiger partial charge in [0.1, 0.15) is 0 Å². The molecule has 1 heterocycles. The van der Waals surface area contributed by atoms with Crippen LogP contribution in [0.3, 0.4) is 0 Å². The Balaban J connectivity index is 2.49. The molecule has 0 aromatic heterocycles. The summed E-state index contributed by atoms with van der Waals surface area (Å²) in [5.41, 5.74) is 1.31. The normalized spacial score (nSPS) is 15.6. The number of carbonyl (C=O) groups excluding carboxylic acids is 1. The quantitative estimate of drug-likeness (QED) is 0.760. The van der Waals surface area contributed by atoms with Gasteiger partial charge in [0, 0.05) is 46.5 Å². The van der Waals surface area contributed by atoms with E-state index in [0.717, 1.165) is 31.6 Å². The van der Waals surface area contributed by atoms with Crippen molar-refractivity contribution in [2.45, 2.75) is 38.0 Å². The van der Waals surface area contributed by atoms with E-state index < -0.39 is 10.0 Å². The molecule has 1 aliphatic heterocycles. The van der Waals surface area contributed by atoms with Crippen LogP contribution in [-0.2, 0) is 10.0 Å². The Bertz CT molecular complexity index is 738. The van der Waals surface area contributed by atoms with Crippen molar-refractivity contribution >= 4 is 21.6 Å². The van der Waals surface area contributed by atoms with Crippen LogP contribution in [-0.4, -0.2) is 64.3 Å². The van der Waals surface area contributed by atoms with Crippen molar-refractivity contribution in [2.75, 3.05) is 45.7 Å². The summed E-state index contributed by atoms with van der Waals surface area (Å²) in [7, 11) is 1.19. The number of carbonyl (C=O) groups is 1. The highest BCUT2D eigenvalue weighted by Gasteiger charge is 2.25. The van der Waals surface area contributed by atoms with Crippen LogP contribution in [0.5, 0.6) is 0 Å². The van der Waals surface area contributed by atoms with E-state index in [1.54, 1.807) is 30.1 Å². The molecule has 1 aromatic carbocycles. The fraction of sp³-hybridized carbons (Fsp3) is 0.632. The number of hydrogen-bond acceptors (Lipinski definition) is 4. The number of sulfonamides is 1. The van der Waals surface area contributed by atoms with Crippen molar-refractivity contribution in [3.05, 3.63) is 23.8 Å². The fourth-order valence-electron chi connectivity index (χ4n) is 3.30. The molecule has 1 saturated heterocycles. The summed E-state index contributed by atoms with van der Waals surface area (Å²) < 4.78 is 26.2. The first kappa shape index (κ1) is 20.7. The second-order valence-electron chi connectivity index (χ2n) is 7.59. The Hall–Kier alpha value is -1.60. The molecule has 1 fully saturated rings. The maximum atomic E-state index is 13.1. The summed E-state index contributed by atoms with van der Waals surface area (Å²) in [4.78, 5) is 17.1. The molecule has 0 bridgehead atoms. The van der Waals surface area contributed by atoms with Crippen LogP contribution in [0.25, 0.3) is 0 Å². The zero-order chi connectivity index (χ0) is 19.5. The third-order valence-corrected chi connectivity index (χ3v) is 6.47. The molecule has 6 nitrogen and oxygen atoms in total. The van der Waals surface area contributed by atoms with Gasteiger partial charge in [0.2, 0.25) is 10.0 Å². The SMILES string of the molecule is CC(C)CN(C)C(=O)c1cc(S(=O)(=O)N(C)C)ccc1N1CCCCC1. The predicted molar refractivity (Wildman–Crippen MR) is 105 cm³/mol. The van der Waals surface area contributed by atoms with Crippen LogP contribution in [0.2, 0.25) is 0 Å². The molecule has 0 spiro atoms. The maximum Gasteiger partial charge on any atom is 0.255 e. The molecule has 26 heavy (non-hydrogen) atoms. The summed E-state index contributed by atoms with van der Waals surface area (Å²) in [6, 6.07) is 4.94. The van der Waals surface area contributed by atoms with E-state index in [0.29, 0.717) is 18.0 Å². The third-order valence-electron chi connectivity index (χ3n) is 4.66. The van der Waals surface area contributed by atoms with Gasteiger partial charge in [0.15, 0.2) is 0 Å². The van der Waals surface area contributed by atoms with Crippen LogP contribution in [0.1, 0.15) is 43.5 Å². The topological polar surface area (TPSA) is 60.9 Å². The van der Waals surface area contributed by atoms with Gasteiger partial charge in [-0.2, -0.15) is 0 Å². The van der Waals surface area contributed by atoms with E-state index >= 15 is 0 Å². The average molecular weight is 382 g/mol. The van der Waals surface area contributed by atoms with Crippen molar-refractivity contribution in [2.24, 2.45) is 5.92 Å². The molecule has 1 amide bonds. The van der Waals surface area contributed by atoms with E-state index in [2.05, 4.69) is 18.7 Å². The molecule has 0 saturated carbocycles. The Labute approximate surface area is 157 Å². The Morgan fingerprint density at radius 1 is 1.12 bits per heavy atom. The third kappa shape index (κ3) is 4.57. The molecule has 146 valence electrons. The Morgan fingerprint density at radius 2 is 1.73 bits per heavy atom. The molecule has 1 aromatic rings. The van der Waals surface area contributed by atoms with Crippen molar-refractivity contribution < 1.29 is 13.2 Å². The number of benzene rings is 1. The number of piperidine rings is 1. The fourth-order valence-corrected chi connectivity index (χ4v) is 4.23. The van der Waals surface area contributed by atoms with Gasteiger partial charge in [0.05, 0.1) is 10.5 Å². The number of anilines is 1. The van der Waals surface area contributed by atoms with Gasteiger partial charge in [-0.3, -0.25) is 4.79 Å². The molecule has 0 atom stereocenters. The van der Waals surface area contributed by atoms with Gasteiger partial charge in [-0.25, -0.2) is 12.7 Å². The molecular weight excluding hydrogens is 350 g/mol. The summed E-state index contributed by atoms with van der Waals surface area (Å²) in [5, 5.41) is 0. The van der Waals surface area contributed by atoms with Crippen molar-refractivity contribution in [1.82, 2.24) is 9.21 Å². The zero-order valence-corrected chi connectivity index (χ0v) is 17.3. The van der Waals surface area contributed by atoms with Gasteiger partial charge < -0.3 is 9.80 Å². The highest BCUT2D eigenvalue weighted by molar-refractivity contribution is 7.89. The first-order chi connectivity index (χ1) is 12.1. The zero-order valence-electron chi connectivity index (χ0n) is 16.5. The van der Waals surface area contributed by atoms with E-state index in [4.69, 9.17) is 0 Å². The second kappa shape index (κ2) is 8.39. The van der Waals surface area contributed by atoms with E-state index in [-0.39, 0.29) is 10.8 Å². The minimum Gasteiger partial charge on any atom is -0.371 e. The lowest BCUT2D eigenvalue weighted by atomic mass is 10.1. The summed E-state index contributed by atoms with van der Waals surface area (Å²) in [6.07, 6.45) is 3.38. The van der Waals surface area contributed by atoms with Gasteiger partial charge in [-0.1, -0.05) is 13.8 Å². The Morgan fingerprint density at radius 3 is 2.27 bits per heavy atom. The largest absolute Gasteiger partial charge is 0.371 e. The average Bonchev–Trinajstić information content (AvgIpc) is 2.60. The van der Waals surface area contributed by atoms with Gasteiger partial charge in [-0.15, -0.1) is 0 Å². The number of hydrogen-bond donors (Lipinski definition) is 0. The lowest BCUT2D eigenvalue weighted by molar-refractivity contribution is 0.0779. The number of rotatable bonds is 6. The molecule has 7 heteroatoms. The van der Waals surface area contributed by atoms with Crippen molar-refractivity contribution in [3.8, 4) is 0 Å². The number of amides is 1. The van der Waals surface area contributed by atoms with Gasteiger partial charge >= 0.3 is 0 Å². The van der Waals surface area contributed by atoms with E-state index in [1.807, 2.05) is 0 Å². The first-order valence-electron chi connectivity index (χ1n) is 9.21. The molecule has 0 unspecified atom stereocenters. The van der Waals surface area contributed by atoms with Crippen LogP contribution in [0, 0.1) is 5.92 Å². The van der Waals surface area contributed by atoms with E-state index in [1.165, 1.54) is 24.8 Å². The Kier molecular flexibility index (Phi) is 6.69. The predicted octanol–water partition coefficient (Wildman–Crippen LogP) is 2.66. The lowest BCUT2D eigenvalue weighted by Gasteiger charge is -2.31. The van der Waals surface area contributed by atoms with Crippen molar-refractivity contribution in [1.29, 1.82) is 0 Å². The smallest absolute Gasteiger partial charge is 0.255 e. The molecule has 2 rings (SSSR count). The van der Waals surface area contributed by atoms with E-state index in [9.17, 15) is 13.2 Å². The van der Waals surface area contributed by atoms with Gasteiger partial charge in [-0.05, 0) is 43.4 Å². The molecule has 0 aliphatic carbocycles. The molecule has 1 aliphatic rings. The van der Waals surface area contributed by atoms with Crippen LogP contribution >= 0.6 is 0 Å². The maximum absolute atomic E-state index is 13.1. The summed E-state index contributed by atoms with van der Waals surface area (Å²) >= 11 is 0. The van der Waals surface area contributed by atoms with Crippen LogP contribution in [0.15, 0.2) is 23.1 Å². The summed E-state index contributed by atoms with van der Waals surface area (Å²) in [5.74, 6) is 0.214. The number of nitrogens with zero attached hydrogens (tertiary/aromatic N) is 3. The highest BCUT2D eigenvalue weighted by atomic mass is 32.2. The van der Waals surface area contributed by atoms with Crippen LogP contribution in [0.4, 0.5) is 5.69 Å². The highest BCUT2D eigenvalue weighted by Crippen LogP contribution is 2.28. The minimum atomic E-state index is -3.59. The monoisotopic (exact) mass is 381 g/mol. The van der Waals surface area contributed by atoms with Gasteiger partial charge in [0.25, 0.3) is 5.91 Å². The molecule has 0 radical (unpaired) electrons. The van der Waals surface area contributed by atoms with Crippen LogP contribution < -0.4 is 4.90 Å². The minimum absolute atomic E-state index is 0.130. The standard InChI is InChI=1S/C19H31N3O3S/c1-15(2)14-21(5)19(23)17-13-16(26(24,25)20(3)4)9-10-18(17)22-11-7-6-8-12-22/h9-10,13,15H,6-8,11-12,14H2,1-5H3. The summed E-state index contributed by atoms with van der Waals surface area (Å²) in [6.45, 7) is 6.54. The first-order valence-corrected chi connectivity index (χ1v) is 10.7. The molecule has 0 N–H and O–H groups in total. The lowest BCUT2D eigenvalue weighted by Crippen LogP contribution is -2.35. The molecular formula is C19H31N3O3S.